The van der Waals surface area contributed by atoms with Gasteiger partial charge in [-0.1, -0.05) is 36.4 Å². The number of aromatic nitrogens is 1. The third-order valence-electron chi connectivity index (χ3n) is 7.33. The number of ether oxygens (including phenoxy) is 1. The van der Waals surface area contributed by atoms with Gasteiger partial charge in [-0.05, 0) is 72.5 Å². The second-order valence-electron chi connectivity index (χ2n) is 10.0. The van der Waals surface area contributed by atoms with E-state index in [4.69, 9.17) is 10.00 Å². The number of anilines is 2. The topological polar surface area (TPSA) is 81.5 Å². The molecule has 3 aromatic carbocycles. The van der Waals surface area contributed by atoms with Crippen LogP contribution in [0, 0.1) is 18.3 Å². The summed E-state index contributed by atoms with van der Waals surface area (Å²) in [5.74, 6) is 1.65. The monoisotopic (exact) mass is 531 g/mol. The predicted octanol–water partition coefficient (Wildman–Crippen LogP) is 5.90. The molecular formula is C33H33N5O2. The van der Waals surface area contributed by atoms with E-state index in [9.17, 15) is 4.79 Å². The van der Waals surface area contributed by atoms with Gasteiger partial charge in [-0.15, -0.1) is 0 Å². The predicted molar refractivity (Wildman–Crippen MR) is 159 cm³/mol. The third kappa shape index (κ3) is 6.31. The van der Waals surface area contributed by atoms with Crippen LogP contribution >= 0.6 is 0 Å². The van der Waals surface area contributed by atoms with Crippen LogP contribution in [0.5, 0.6) is 5.75 Å². The number of amides is 1. The van der Waals surface area contributed by atoms with Crippen molar-refractivity contribution in [1.82, 2.24) is 9.88 Å². The quantitative estimate of drug-likeness (QED) is 0.320. The van der Waals surface area contributed by atoms with Crippen LogP contribution in [0.3, 0.4) is 0 Å². The zero-order valence-corrected chi connectivity index (χ0v) is 22.9. The minimum absolute atomic E-state index is 0.189. The number of nitriles is 1. The number of nitrogens with one attached hydrogen (secondary N) is 1. The SMILES string of the molecule is COc1ccccc1CN1CCCN(c2ccc(NC(=O)c3ccc(C)c(-c4ccc(C#N)cc4)c3)cn2)CC1. The molecule has 2 heterocycles. The summed E-state index contributed by atoms with van der Waals surface area (Å²) in [4.78, 5) is 22.5. The summed E-state index contributed by atoms with van der Waals surface area (Å²) >= 11 is 0. The Morgan fingerprint density at radius 1 is 1.00 bits per heavy atom. The Bertz CT molecular complexity index is 1510. The molecule has 0 saturated carbocycles. The molecule has 0 bridgehead atoms. The molecule has 7 heteroatoms. The first-order chi connectivity index (χ1) is 19.5. The van der Waals surface area contributed by atoms with E-state index in [1.807, 2.05) is 61.5 Å². The number of pyridine rings is 1. The third-order valence-corrected chi connectivity index (χ3v) is 7.33. The summed E-state index contributed by atoms with van der Waals surface area (Å²) in [6.45, 7) is 6.65. The van der Waals surface area contributed by atoms with Gasteiger partial charge < -0.3 is 15.0 Å². The molecule has 1 aromatic heterocycles. The van der Waals surface area contributed by atoms with Crippen molar-refractivity contribution in [3.8, 4) is 22.9 Å². The molecule has 202 valence electrons. The number of hydrogen-bond donors (Lipinski definition) is 1. The molecule has 0 aliphatic carbocycles. The highest BCUT2D eigenvalue weighted by atomic mass is 16.5. The fourth-order valence-electron chi connectivity index (χ4n) is 5.08. The lowest BCUT2D eigenvalue weighted by Gasteiger charge is -2.23. The molecule has 1 amide bonds. The first-order valence-corrected chi connectivity index (χ1v) is 13.5. The maximum Gasteiger partial charge on any atom is 0.255 e. The maximum absolute atomic E-state index is 13.1. The molecule has 1 aliphatic heterocycles. The molecule has 40 heavy (non-hydrogen) atoms. The zero-order chi connectivity index (χ0) is 27.9. The van der Waals surface area contributed by atoms with Crippen LogP contribution in [0.15, 0.2) is 85.1 Å². The molecule has 4 aromatic rings. The number of methoxy groups -OCH3 is 1. The highest BCUT2D eigenvalue weighted by molar-refractivity contribution is 6.05. The number of nitrogens with zero attached hydrogens (tertiary/aromatic N) is 4. The van der Waals surface area contributed by atoms with Crippen LogP contribution in [-0.4, -0.2) is 49.1 Å². The van der Waals surface area contributed by atoms with Crippen molar-refractivity contribution in [1.29, 1.82) is 5.26 Å². The average molecular weight is 532 g/mol. The van der Waals surface area contributed by atoms with Crippen molar-refractivity contribution in [2.24, 2.45) is 0 Å². The van der Waals surface area contributed by atoms with Crippen LogP contribution in [0.4, 0.5) is 11.5 Å². The minimum atomic E-state index is -0.189. The lowest BCUT2D eigenvalue weighted by molar-refractivity contribution is 0.102. The van der Waals surface area contributed by atoms with E-state index in [1.54, 1.807) is 25.4 Å². The zero-order valence-electron chi connectivity index (χ0n) is 22.9. The van der Waals surface area contributed by atoms with E-state index >= 15 is 0 Å². The van der Waals surface area contributed by atoms with E-state index in [0.29, 0.717) is 16.8 Å². The van der Waals surface area contributed by atoms with E-state index in [0.717, 1.165) is 67.4 Å². The van der Waals surface area contributed by atoms with Crippen LogP contribution in [0.25, 0.3) is 11.1 Å². The van der Waals surface area contributed by atoms with E-state index in [2.05, 4.69) is 38.3 Å². The van der Waals surface area contributed by atoms with Gasteiger partial charge in [-0.3, -0.25) is 9.69 Å². The molecule has 1 saturated heterocycles. The minimum Gasteiger partial charge on any atom is -0.496 e. The Kier molecular flexibility index (Phi) is 8.38. The number of carbonyl (C=O) groups excluding carboxylic acids is 1. The molecule has 1 fully saturated rings. The summed E-state index contributed by atoms with van der Waals surface area (Å²) in [6.07, 6.45) is 2.77. The Morgan fingerprint density at radius 2 is 1.82 bits per heavy atom. The summed E-state index contributed by atoms with van der Waals surface area (Å²) in [6, 6.07) is 27.3. The number of benzene rings is 3. The molecule has 1 N–H and O–H groups in total. The van der Waals surface area contributed by atoms with Gasteiger partial charge in [-0.2, -0.15) is 5.26 Å². The number of para-hydroxylation sites is 1. The molecule has 0 radical (unpaired) electrons. The summed E-state index contributed by atoms with van der Waals surface area (Å²) in [5, 5.41) is 12.1. The van der Waals surface area contributed by atoms with Crippen molar-refractivity contribution in [3.05, 3.63) is 107 Å². The summed E-state index contributed by atoms with van der Waals surface area (Å²) in [5.41, 5.74) is 6.03. The van der Waals surface area contributed by atoms with Gasteiger partial charge in [0.25, 0.3) is 5.91 Å². The number of hydrogen-bond acceptors (Lipinski definition) is 6. The van der Waals surface area contributed by atoms with Gasteiger partial charge in [0.1, 0.15) is 11.6 Å². The Labute approximate surface area is 235 Å². The van der Waals surface area contributed by atoms with Crippen molar-refractivity contribution in [3.63, 3.8) is 0 Å². The largest absolute Gasteiger partial charge is 0.496 e. The number of carbonyl (C=O) groups is 1. The van der Waals surface area contributed by atoms with Gasteiger partial charge in [0.2, 0.25) is 0 Å². The lowest BCUT2D eigenvalue weighted by Crippen LogP contribution is -2.31. The summed E-state index contributed by atoms with van der Waals surface area (Å²) in [7, 11) is 1.72. The van der Waals surface area contributed by atoms with Gasteiger partial charge in [0.05, 0.1) is 30.6 Å². The highest BCUT2D eigenvalue weighted by Gasteiger charge is 2.18. The Hall–Kier alpha value is -4.67. The maximum atomic E-state index is 13.1. The molecular weight excluding hydrogens is 498 g/mol. The number of rotatable bonds is 7. The van der Waals surface area contributed by atoms with Gasteiger partial charge in [-0.25, -0.2) is 4.98 Å². The summed E-state index contributed by atoms with van der Waals surface area (Å²) < 4.78 is 5.53. The first kappa shape index (κ1) is 26.9. The van der Waals surface area contributed by atoms with Crippen LogP contribution < -0.4 is 15.0 Å². The van der Waals surface area contributed by atoms with Gasteiger partial charge >= 0.3 is 0 Å². The van der Waals surface area contributed by atoms with Gasteiger partial charge in [0.15, 0.2) is 0 Å². The van der Waals surface area contributed by atoms with Crippen molar-refractivity contribution in [2.45, 2.75) is 19.9 Å². The van der Waals surface area contributed by atoms with E-state index < -0.39 is 0 Å². The van der Waals surface area contributed by atoms with Crippen LogP contribution in [0.2, 0.25) is 0 Å². The fraction of sp³-hybridized carbons (Fsp3) is 0.242. The molecule has 1 aliphatic rings. The average Bonchev–Trinajstić information content (AvgIpc) is 3.23. The second kappa shape index (κ2) is 12.5. The molecule has 7 nitrogen and oxygen atoms in total. The number of aryl methyl sites for hydroxylation is 1. The van der Waals surface area contributed by atoms with E-state index in [-0.39, 0.29) is 5.91 Å². The van der Waals surface area contributed by atoms with Crippen molar-refractivity contribution < 1.29 is 9.53 Å². The molecule has 0 spiro atoms. The van der Waals surface area contributed by atoms with Crippen molar-refractivity contribution in [2.75, 3.05) is 43.5 Å². The smallest absolute Gasteiger partial charge is 0.255 e. The lowest BCUT2D eigenvalue weighted by atomic mass is 9.97. The fourth-order valence-corrected chi connectivity index (χ4v) is 5.08. The first-order valence-electron chi connectivity index (χ1n) is 13.5. The van der Waals surface area contributed by atoms with Crippen LogP contribution in [-0.2, 0) is 6.54 Å². The van der Waals surface area contributed by atoms with Gasteiger partial charge in [0, 0.05) is 43.9 Å². The van der Waals surface area contributed by atoms with Crippen molar-refractivity contribution >= 4 is 17.4 Å². The standard InChI is InChI=1S/C33H33N5O2/c1-24-8-11-27(20-30(24)26-12-9-25(21-34)10-13-26)33(39)36-29-14-15-32(35-22-29)38-17-5-16-37(18-19-38)23-28-6-3-4-7-31(28)40-2/h3-4,6-15,20,22H,5,16-19,23H2,1-2H3,(H,36,39). The highest BCUT2D eigenvalue weighted by Crippen LogP contribution is 2.26. The Morgan fingerprint density at radius 3 is 2.58 bits per heavy atom. The second-order valence-corrected chi connectivity index (χ2v) is 10.0. The van der Waals surface area contributed by atoms with Crippen LogP contribution in [0.1, 0.15) is 33.5 Å². The Balaban J connectivity index is 1.21. The molecule has 5 rings (SSSR count). The molecule has 0 atom stereocenters. The van der Waals surface area contributed by atoms with E-state index in [1.165, 1.54) is 5.56 Å². The molecule has 0 unspecified atom stereocenters. The normalized spacial score (nSPS) is 13.8.